The normalized spacial score (nSPS) is 16.9. The fourth-order valence-corrected chi connectivity index (χ4v) is 3.31. The molecule has 0 bridgehead atoms. The van der Waals surface area contributed by atoms with Crippen molar-refractivity contribution in [1.82, 2.24) is 10.2 Å². The number of benzene rings is 2. The molecule has 1 aliphatic heterocycles. The van der Waals surface area contributed by atoms with E-state index in [2.05, 4.69) is 5.32 Å². The summed E-state index contributed by atoms with van der Waals surface area (Å²) < 4.78 is 5.16. The summed E-state index contributed by atoms with van der Waals surface area (Å²) in [4.78, 5) is 14.8. The van der Waals surface area contributed by atoms with E-state index < -0.39 is 0 Å². The van der Waals surface area contributed by atoms with Gasteiger partial charge in [0, 0.05) is 24.7 Å². The molecule has 1 heterocycles. The van der Waals surface area contributed by atoms with Gasteiger partial charge in [0.1, 0.15) is 5.75 Å². The average molecular weight is 381 g/mol. The van der Waals surface area contributed by atoms with Gasteiger partial charge in [-0.15, -0.1) is 12.4 Å². The summed E-state index contributed by atoms with van der Waals surface area (Å²) in [6, 6.07) is 15.3. The van der Waals surface area contributed by atoms with Crippen LogP contribution < -0.4 is 10.1 Å². The zero-order valence-corrected chi connectivity index (χ0v) is 15.6. The van der Waals surface area contributed by atoms with Crippen LogP contribution in [-0.4, -0.2) is 37.6 Å². The maximum atomic E-state index is 12.8. The molecule has 1 saturated heterocycles. The smallest absolute Gasteiger partial charge is 0.227 e. The number of methoxy groups -OCH3 is 1. The van der Waals surface area contributed by atoms with E-state index in [1.54, 1.807) is 7.11 Å². The van der Waals surface area contributed by atoms with Gasteiger partial charge >= 0.3 is 0 Å². The van der Waals surface area contributed by atoms with Gasteiger partial charge in [-0.1, -0.05) is 41.9 Å². The Kier molecular flexibility index (Phi) is 7.12. The Hall–Kier alpha value is -1.75. The van der Waals surface area contributed by atoms with Crippen molar-refractivity contribution < 1.29 is 9.53 Å². The van der Waals surface area contributed by atoms with Crippen molar-refractivity contribution in [2.45, 2.75) is 12.5 Å². The summed E-state index contributed by atoms with van der Waals surface area (Å²) in [5.74, 6) is 0.911. The summed E-state index contributed by atoms with van der Waals surface area (Å²) in [5, 5.41) is 4.06. The van der Waals surface area contributed by atoms with Gasteiger partial charge in [-0.2, -0.15) is 0 Å². The molecule has 0 saturated carbocycles. The lowest BCUT2D eigenvalue weighted by atomic mass is 10.0. The molecule has 0 aromatic heterocycles. The number of piperazine rings is 1. The molecule has 0 radical (unpaired) electrons. The minimum Gasteiger partial charge on any atom is -0.497 e. The van der Waals surface area contributed by atoms with Crippen LogP contribution in [0, 0.1) is 0 Å². The number of rotatable bonds is 4. The third kappa shape index (κ3) is 4.66. The fourth-order valence-electron chi connectivity index (χ4n) is 3.05. The molecule has 1 fully saturated rings. The minimum atomic E-state index is -0.0294. The number of halogens is 2. The van der Waals surface area contributed by atoms with Crippen molar-refractivity contribution in [2.24, 2.45) is 0 Å². The third-order valence-electron chi connectivity index (χ3n) is 4.34. The Bertz CT molecular complexity index is 707. The van der Waals surface area contributed by atoms with E-state index in [4.69, 9.17) is 16.3 Å². The van der Waals surface area contributed by atoms with Crippen LogP contribution in [0.2, 0.25) is 5.02 Å². The molecule has 1 unspecified atom stereocenters. The van der Waals surface area contributed by atoms with Gasteiger partial charge in [0.15, 0.2) is 0 Å². The zero-order valence-electron chi connectivity index (χ0n) is 14.1. The maximum Gasteiger partial charge on any atom is 0.227 e. The first-order valence-electron chi connectivity index (χ1n) is 8.06. The topological polar surface area (TPSA) is 41.6 Å². The van der Waals surface area contributed by atoms with Gasteiger partial charge in [0.2, 0.25) is 5.91 Å². The molecule has 1 atom stereocenters. The Morgan fingerprint density at radius 3 is 2.64 bits per heavy atom. The highest BCUT2D eigenvalue weighted by Crippen LogP contribution is 2.29. The number of nitrogens with zero attached hydrogens (tertiary/aromatic N) is 1. The van der Waals surface area contributed by atoms with Gasteiger partial charge in [-0.3, -0.25) is 4.79 Å². The van der Waals surface area contributed by atoms with Gasteiger partial charge in [-0.25, -0.2) is 0 Å². The van der Waals surface area contributed by atoms with Crippen molar-refractivity contribution >= 4 is 29.9 Å². The van der Waals surface area contributed by atoms with E-state index in [9.17, 15) is 4.79 Å². The first-order valence-corrected chi connectivity index (χ1v) is 8.44. The molecule has 1 amide bonds. The fraction of sp³-hybridized carbons (Fsp3) is 0.316. The number of carbonyl (C=O) groups is 1. The lowest BCUT2D eigenvalue weighted by molar-refractivity contribution is -0.133. The second-order valence-electron chi connectivity index (χ2n) is 5.85. The van der Waals surface area contributed by atoms with Crippen molar-refractivity contribution in [1.29, 1.82) is 0 Å². The summed E-state index contributed by atoms with van der Waals surface area (Å²) in [7, 11) is 1.63. The molecular weight excluding hydrogens is 359 g/mol. The van der Waals surface area contributed by atoms with Crippen LogP contribution in [0.15, 0.2) is 48.5 Å². The van der Waals surface area contributed by atoms with Crippen LogP contribution in [0.25, 0.3) is 0 Å². The number of amides is 1. The van der Waals surface area contributed by atoms with Crippen LogP contribution in [0.1, 0.15) is 17.2 Å². The van der Waals surface area contributed by atoms with Crippen molar-refractivity contribution in [3.8, 4) is 5.75 Å². The van der Waals surface area contributed by atoms with E-state index in [1.165, 1.54) is 0 Å². The van der Waals surface area contributed by atoms with E-state index >= 15 is 0 Å². The Morgan fingerprint density at radius 2 is 1.96 bits per heavy atom. The number of ether oxygens (including phenoxy) is 1. The second-order valence-corrected chi connectivity index (χ2v) is 6.26. The first kappa shape index (κ1) is 19.6. The van der Waals surface area contributed by atoms with Crippen molar-refractivity contribution in [3.05, 3.63) is 64.7 Å². The Morgan fingerprint density at radius 1 is 1.24 bits per heavy atom. The molecule has 0 spiro atoms. The molecule has 3 rings (SSSR count). The van der Waals surface area contributed by atoms with Crippen LogP contribution in [0.3, 0.4) is 0 Å². The molecule has 2 aromatic carbocycles. The number of nitrogens with one attached hydrogen (secondary N) is 1. The standard InChI is InChI=1S/C19H21ClN2O2.ClH/c1-24-15-8-6-14(7-9-15)12-19(23)22-11-10-21-13-18(22)16-4-2-3-5-17(16)20;/h2-9,18,21H,10-13H2,1H3;1H. The predicted molar refractivity (Wildman–Crippen MR) is 103 cm³/mol. The monoisotopic (exact) mass is 380 g/mol. The zero-order chi connectivity index (χ0) is 16.9. The lowest BCUT2D eigenvalue weighted by Gasteiger charge is -2.37. The highest BCUT2D eigenvalue weighted by atomic mass is 35.5. The molecule has 25 heavy (non-hydrogen) atoms. The SMILES string of the molecule is COc1ccc(CC(=O)N2CCNCC2c2ccccc2Cl)cc1.Cl. The number of hydrogen-bond donors (Lipinski definition) is 1. The molecule has 0 aliphatic carbocycles. The third-order valence-corrected chi connectivity index (χ3v) is 4.69. The van der Waals surface area contributed by atoms with Crippen molar-refractivity contribution in [2.75, 3.05) is 26.7 Å². The minimum absolute atomic E-state index is 0. The van der Waals surface area contributed by atoms with Gasteiger partial charge in [0.05, 0.1) is 19.6 Å². The van der Waals surface area contributed by atoms with Crippen LogP contribution in [0.4, 0.5) is 0 Å². The summed E-state index contributed by atoms with van der Waals surface area (Å²) >= 11 is 6.34. The molecule has 1 aliphatic rings. The van der Waals surface area contributed by atoms with Gasteiger partial charge < -0.3 is 15.0 Å². The largest absolute Gasteiger partial charge is 0.497 e. The molecule has 4 nitrogen and oxygen atoms in total. The average Bonchev–Trinajstić information content (AvgIpc) is 2.63. The maximum absolute atomic E-state index is 12.8. The highest BCUT2D eigenvalue weighted by Gasteiger charge is 2.28. The summed E-state index contributed by atoms with van der Waals surface area (Å²) in [5.41, 5.74) is 1.98. The number of carbonyl (C=O) groups excluding carboxylic acids is 1. The van der Waals surface area contributed by atoms with E-state index in [1.807, 2.05) is 53.4 Å². The molecule has 6 heteroatoms. The van der Waals surface area contributed by atoms with E-state index in [-0.39, 0.29) is 24.4 Å². The van der Waals surface area contributed by atoms with E-state index in [0.29, 0.717) is 18.0 Å². The molecule has 1 N–H and O–H groups in total. The quantitative estimate of drug-likeness (QED) is 0.882. The van der Waals surface area contributed by atoms with Crippen LogP contribution in [-0.2, 0) is 11.2 Å². The molecular formula is C19H22Cl2N2O2. The van der Waals surface area contributed by atoms with Crippen molar-refractivity contribution in [3.63, 3.8) is 0 Å². The van der Waals surface area contributed by atoms with Crippen LogP contribution >= 0.6 is 24.0 Å². The molecule has 134 valence electrons. The highest BCUT2D eigenvalue weighted by molar-refractivity contribution is 6.31. The van der Waals surface area contributed by atoms with Gasteiger partial charge in [0.25, 0.3) is 0 Å². The predicted octanol–water partition coefficient (Wildman–Crippen LogP) is 3.49. The van der Waals surface area contributed by atoms with Crippen LogP contribution in [0.5, 0.6) is 5.75 Å². The van der Waals surface area contributed by atoms with E-state index in [0.717, 1.165) is 30.0 Å². The summed E-state index contributed by atoms with van der Waals surface area (Å²) in [6.07, 6.45) is 0.380. The summed E-state index contributed by atoms with van der Waals surface area (Å²) in [6.45, 7) is 2.21. The second kappa shape index (κ2) is 9.09. The Labute approximate surface area is 159 Å². The number of hydrogen-bond acceptors (Lipinski definition) is 3. The first-order chi connectivity index (χ1) is 11.7. The van der Waals surface area contributed by atoms with Gasteiger partial charge in [-0.05, 0) is 29.3 Å². The lowest BCUT2D eigenvalue weighted by Crippen LogP contribution is -2.49. The molecule has 2 aromatic rings. The Balaban J connectivity index is 0.00000225.